The third-order valence-corrected chi connectivity index (χ3v) is 3.61. The Labute approximate surface area is 113 Å². The molecule has 1 aromatic rings. The topological polar surface area (TPSA) is 60.2 Å². The predicted molar refractivity (Wildman–Crippen MR) is 69.1 cm³/mol. The standard InChI is InChI=1S/C12H19N3O2.ClH/c1-2-4-9(3-1)12-14-11(17-15-12)7-10-8-13-5-6-16-10;/h9-10,13H,1-8H2;1H. The number of hydrogen-bond donors (Lipinski definition) is 1. The lowest BCUT2D eigenvalue weighted by Crippen LogP contribution is -2.39. The monoisotopic (exact) mass is 273 g/mol. The summed E-state index contributed by atoms with van der Waals surface area (Å²) in [4.78, 5) is 4.50. The van der Waals surface area contributed by atoms with Gasteiger partial charge in [0.2, 0.25) is 5.89 Å². The van der Waals surface area contributed by atoms with Gasteiger partial charge in [0, 0.05) is 19.0 Å². The number of aromatic nitrogens is 2. The normalized spacial score (nSPS) is 25.0. The van der Waals surface area contributed by atoms with E-state index in [1.54, 1.807) is 0 Å². The molecule has 0 spiro atoms. The van der Waals surface area contributed by atoms with Crippen LogP contribution in [-0.2, 0) is 11.2 Å². The van der Waals surface area contributed by atoms with Gasteiger partial charge in [0.05, 0.1) is 19.1 Å². The molecule has 0 aromatic carbocycles. The van der Waals surface area contributed by atoms with E-state index < -0.39 is 0 Å². The Morgan fingerprint density at radius 1 is 1.28 bits per heavy atom. The van der Waals surface area contributed by atoms with E-state index in [4.69, 9.17) is 9.26 Å². The largest absolute Gasteiger partial charge is 0.375 e. The van der Waals surface area contributed by atoms with Gasteiger partial charge in [0.25, 0.3) is 0 Å². The van der Waals surface area contributed by atoms with E-state index in [9.17, 15) is 0 Å². The summed E-state index contributed by atoms with van der Waals surface area (Å²) < 4.78 is 10.9. The smallest absolute Gasteiger partial charge is 0.229 e. The quantitative estimate of drug-likeness (QED) is 0.908. The fourth-order valence-electron chi connectivity index (χ4n) is 2.65. The molecule has 1 N–H and O–H groups in total. The SMILES string of the molecule is C1CCC(c2noc(CC3CNCCO3)n2)C1.Cl. The van der Waals surface area contributed by atoms with Gasteiger partial charge in [-0.2, -0.15) is 4.98 Å². The number of ether oxygens (including phenoxy) is 1. The van der Waals surface area contributed by atoms with Crippen molar-refractivity contribution in [3.8, 4) is 0 Å². The van der Waals surface area contributed by atoms with E-state index in [-0.39, 0.29) is 18.5 Å². The number of hydrogen-bond acceptors (Lipinski definition) is 5. The minimum absolute atomic E-state index is 0. The molecular weight excluding hydrogens is 254 g/mol. The fraction of sp³-hybridized carbons (Fsp3) is 0.833. The van der Waals surface area contributed by atoms with E-state index in [1.165, 1.54) is 25.7 Å². The van der Waals surface area contributed by atoms with Crippen molar-refractivity contribution < 1.29 is 9.26 Å². The Morgan fingerprint density at radius 2 is 2.11 bits per heavy atom. The molecule has 18 heavy (non-hydrogen) atoms. The van der Waals surface area contributed by atoms with Crippen LogP contribution >= 0.6 is 12.4 Å². The molecule has 1 atom stereocenters. The molecule has 1 unspecified atom stereocenters. The van der Waals surface area contributed by atoms with Gasteiger partial charge in [-0.15, -0.1) is 12.4 Å². The molecule has 2 fully saturated rings. The van der Waals surface area contributed by atoms with Crippen molar-refractivity contribution in [2.75, 3.05) is 19.7 Å². The summed E-state index contributed by atoms with van der Waals surface area (Å²) in [5.41, 5.74) is 0. The highest BCUT2D eigenvalue weighted by Gasteiger charge is 2.23. The highest BCUT2D eigenvalue weighted by molar-refractivity contribution is 5.85. The molecule has 1 aliphatic heterocycles. The van der Waals surface area contributed by atoms with E-state index in [0.29, 0.717) is 5.92 Å². The second-order valence-electron chi connectivity index (χ2n) is 4.93. The molecule has 5 nitrogen and oxygen atoms in total. The maximum absolute atomic E-state index is 5.63. The van der Waals surface area contributed by atoms with Crippen molar-refractivity contribution in [1.29, 1.82) is 0 Å². The number of halogens is 1. The van der Waals surface area contributed by atoms with Crippen molar-refractivity contribution in [1.82, 2.24) is 15.5 Å². The van der Waals surface area contributed by atoms with E-state index in [1.807, 2.05) is 0 Å². The molecule has 1 saturated heterocycles. The first-order valence-corrected chi connectivity index (χ1v) is 6.56. The van der Waals surface area contributed by atoms with Crippen LogP contribution in [0.2, 0.25) is 0 Å². The molecule has 3 rings (SSSR count). The molecular formula is C12H20ClN3O2. The zero-order valence-corrected chi connectivity index (χ0v) is 11.2. The second kappa shape index (κ2) is 6.50. The van der Waals surface area contributed by atoms with Crippen LogP contribution in [0.4, 0.5) is 0 Å². The van der Waals surface area contributed by atoms with Crippen LogP contribution in [0, 0.1) is 0 Å². The van der Waals surface area contributed by atoms with Crippen LogP contribution in [0.5, 0.6) is 0 Å². The second-order valence-corrected chi connectivity index (χ2v) is 4.93. The molecule has 1 aliphatic carbocycles. The Kier molecular flexibility index (Phi) is 4.97. The third kappa shape index (κ3) is 3.22. The van der Waals surface area contributed by atoms with E-state index in [2.05, 4.69) is 15.5 Å². The lowest BCUT2D eigenvalue weighted by molar-refractivity contribution is 0.0246. The van der Waals surface area contributed by atoms with Crippen molar-refractivity contribution in [3.05, 3.63) is 11.7 Å². The minimum Gasteiger partial charge on any atom is -0.375 e. The van der Waals surface area contributed by atoms with Gasteiger partial charge in [-0.25, -0.2) is 0 Å². The Hall–Kier alpha value is -0.650. The Bertz CT molecular complexity index is 360. The summed E-state index contributed by atoms with van der Waals surface area (Å²) in [6.45, 7) is 2.59. The first kappa shape index (κ1) is 13.8. The fourth-order valence-corrected chi connectivity index (χ4v) is 2.65. The number of rotatable bonds is 3. The van der Waals surface area contributed by atoms with Crippen LogP contribution in [0.15, 0.2) is 4.52 Å². The number of nitrogens with zero attached hydrogens (tertiary/aromatic N) is 2. The van der Waals surface area contributed by atoms with Gasteiger partial charge in [-0.1, -0.05) is 18.0 Å². The van der Waals surface area contributed by atoms with Crippen molar-refractivity contribution >= 4 is 12.4 Å². The molecule has 1 saturated carbocycles. The molecule has 6 heteroatoms. The van der Waals surface area contributed by atoms with E-state index in [0.717, 1.165) is 37.8 Å². The lowest BCUT2D eigenvalue weighted by Gasteiger charge is -2.21. The average molecular weight is 274 g/mol. The van der Waals surface area contributed by atoms with Crippen molar-refractivity contribution in [3.63, 3.8) is 0 Å². The van der Waals surface area contributed by atoms with Gasteiger partial charge in [0.1, 0.15) is 0 Å². The summed E-state index contributed by atoms with van der Waals surface area (Å²) in [5.74, 6) is 2.15. The van der Waals surface area contributed by atoms with Crippen LogP contribution in [0.25, 0.3) is 0 Å². The van der Waals surface area contributed by atoms with Crippen molar-refractivity contribution in [2.45, 2.75) is 44.1 Å². The first-order chi connectivity index (χ1) is 8.42. The minimum atomic E-state index is 0. The van der Waals surface area contributed by atoms with Gasteiger partial charge in [0.15, 0.2) is 5.82 Å². The maximum Gasteiger partial charge on any atom is 0.229 e. The highest BCUT2D eigenvalue weighted by atomic mass is 35.5. The predicted octanol–water partition coefficient (Wildman–Crippen LogP) is 1.68. The molecule has 1 aromatic heterocycles. The number of morpholine rings is 1. The van der Waals surface area contributed by atoms with Crippen LogP contribution in [0.1, 0.15) is 43.3 Å². The Balaban J connectivity index is 0.00000120. The Morgan fingerprint density at radius 3 is 2.83 bits per heavy atom. The van der Waals surface area contributed by atoms with E-state index >= 15 is 0 Å². The van der Waals surface area contributed by atoms with Crippen LogP contribution in [-0.4, -0.2) is 35.9 Å². The zero-order chi connectivity index (χ0) is 11.5. The maximum atomic E-state index is 5.63. The molecule has 102 valence electrons. The van der Waals surface area contributed by atoms with Crippen molar-refractivity contribution in [2.24, 2.45) is 0 Å². The molecule has 0 radical (unpaired) electrons. The van der Waals surface area contributed by atoms with Gasteiger partial charge in [-0.3, -0.25) is 0 Å². The highest BCUT2D eigenvalue weighted by Crippen LogP contribution is 2.32. The molecule has 2 heterocycles. The third-order valence-electron chi connectivity index (χ3n) is 3.61. The van der Waals surface area contributed by atoms with Gasteiger partial charge in [-0.05, 0) is 12.8 Å². The average Bonchev–Trinajstić information content (AvgIpc) is 3.00. The first-order valence-electron chi connectivity index (χ1n) is 6.56. The zero-order valence-electron chi connectivity index (χ0n) is 10.4. The summed E-state index contributed by atoms with van der Waals surface area (Å²) in [7, 11) is 0. The molecule has 0 bridgehead atoms. The molecule has 2 aliphatic rings. The summed E-state index contributed by atoms with van der Waals surface area (Å²) in [5, 5.41) is 7.40. The summed E-state index contributed by atoms with van der Waals surface area (Å²) in [6, 6.07) is 0. The summed E-state index contributed by atoms with van der Waals surface area (Å²) >= 11 is 0. The van der Waals surface area contributed by atoms with Crippen LogP contribution in [0.3, 0.4) is 0 Å². The lowest BCUT2D eigenvalue weighted by atomic mass is 10.1. The summed E-state index contributed by atoms with van der Waals surface area (Å²) in [6.07, 6.45) is 5.92. The van der Waals surface area contributed by atoms with Gasteiger partial charge >= 0.3 is 0 Å². The molecule has 0 amide bonds. The van der Waals surface area contributed by atoms with Crippen LogP contribution < -0.4 is 5.32 Å². The number of nitrogens with one attached hydrogen (secondary N) is 1. The van der Waals surface area contributed by atoms with Gasteiger partial charge < -0.3 is 14.6 Å².